The Morgan fingerprint density at radius 2 is 2.38 bits per heavy atom. The first kappa shape index (κ1) is 8.18. The van der Waals surface area contributed by atoms with Gasteiger partial charge in [-0.3, -0.25) is 4.98 Å². The molecule has 1 aliphatic rings. The predicted molar refractivity (Wildman–Crippen MR) is 45.5 cm³/mol. The minimum atomic E-state index is -0.254. The van der Waals surface area contributed by atoms with Crippen LogP contribution in [0.5, 0.6) is 0 Å². The van der Waals surface area contributed by atoms with Crippen LogP contribution in [0.2, 0.25) is 0 Å². The number of pyridine rings is 1. The lowest BCUT2D eigenvalue weighted by Gasteiger charge is -2.00. The van der Waals surface area contributed by atoms with Crippen molar-refractivity contribution in [2.45, 2.75) is 25.2 Å². The Morgan fingerprint density at radius 3 is 2.92 bits per heavy atom. The summed E-state index contributed by atoms with van der Waals surface area (Å²) in [6, 6.07) is 3.39. The van der Waals surface area contributed by atoms with Crippen molar-refractivity contribution in [3.8, 4) is 6.07 Å². The van der Waals surface area contributed by atoms with Crippen LogP contribution in [0.25, 0.3) is 0 Å². The van der Waals surface area contributed by atoms with E-state index in [9.17, 15) is 4.39 Å². The number of hydrogen-bond acceptors (Lipinski definition) is 2. The van der Waals surface area contributed by atoms with E-state index in [4.69, 9.17) is 5.26 Å². The van der Waals surface area contributed by atoms with Crippen molar-refractivity contribution in [3.63, 3.8) is 0 Å². The Morgan fingerprint density at radius 1 is 1.62 bits per heavy atom. The normalized spacial score (nSPS) is 15.4. The van der Waals surface area contributed by atoms with E-state index >= 15 is 0 Å². The summed E-state index contributed by atoms with van der Waals surface area (Å²) in [4.78, 5) is 4.03. The van der Waals surface area contributed by atoms with E-state index in [1.165, 1.54) is 6.07 Å². The fraction of sp³-hybridized carbons (Fsp3) is 0.400. The molecule has 0 N–H and O–H groups in total. The first-order chi connectivity index (χ1) is 6.31. The predicted octanol–water partition coefficient (Wildman–Crippen LogP) is 2.16. The molecule has 0 saturated heterocycles. The molecule has 1 aromatic heterocycles. The number of nitrogens with zero attached hydrogens (tertiary/aromatic N) is 2. The zero-order valence-electron chi connectivity index (χ0n) is 7.13. The van der Waals surface area contributed by atoms with Crippen LogP contribution in [0.3, 0.4) is 0 Å². The second-order valence-corrected chi connectivity index (χ2v) is 3.32. The molecule has 3 heteroatoms. The Labute approximate surface area is 76.0 Å². The molecule has 2 rings (SSSR count). The van der Waals surface area contributed by atoms with Gasteiger partial charge in [0.2, 0.25) is 0 Å². The maximum absolute atomic E-state index is 13.3. The zero-order chi connectivity index (χ0) is 9.26. The molecule has 0 unspecified atom stereocenters. The molecule has 0 amide bonds. The van der Waals surface area contributed by atoms with Gasteiger partial charge in [0.15, 0.2) is 0 Å². The van der Waals surface area contributed by atoms with Crippen LogP contribution in [0, 0.1) is 17.1 Å². The second kappa shape index (κ2) is 3.14. The van der Waals surface area contributed by atoms with Gasteiger partial charge in [0.1, 0.15) is 5.82 Å². The number of aromatic nitrogens is 1. The van der Waals surface area contributed by atoms with E-state index in [0.717, 1.165) is 12.8 Å². The Hall–Kier alpha value is -1.43. The van der Waals surface area contributed by atoms with E-state index in [2.05, 4.69) is 4.98 Å². The summed E-state index contributed by atoms with van der Waals surface area (Å²) >= 11 is 0. The van der Waals surface area contributed by atoms with Crippen LogP contribution in [-0.4, -0.2) is 4.98 Å². The summed E-state index contributed by atoms with van der Waals surface area (Å²) in [5.41, 5.74) is 1.23. The van der Waals surface area contributed by atoms with E-state index in [-0.39, 0.29) is 12.2 Å². The molecule has 1 aliphatic carbocycles. The number of hydrogen-bond donors (Lipinski definition) is 0. The van der Waals surface area contributed by atoms with Gasteiger partial charge in [0.25, 0.3) is 0 Å². The van der Waals surface area contributed by atoms with E-state index in [1.807, 2.05) is 6.07 Å². The average Bonchev–Trinajstić information content (AvgIpc) is 2.88. The van der Waals surface area contributed by atoms with Crippen LogP contribution >= 0.6 is 0 Å². The van der Waals surface area contributed by atoms with Crippen molar-refractivity contribution in [2.24, 2.45) is 0 Å². The van der Waals surface area contributed by atoms with Gasteiger partial charge in [0, 0.05) is 12.1 Å². The molecule has 0 aliphatic heterocycles. The molecule has 0 bridgehead atoms. The molecule has 0 atom stereocenters. The van der Waals surface area contributed by atoms with Crippen molar-refractivity contribution >= 4 is 0 Å². The highest BCUT2D eigenvalue weighted by Gasteiger charge is 2.27. The molecule has 1 aromatic rings. The minimum absolute atomic E-state index is 0.231. The van der Waals surface area contributed by atoms with Gasteiger partial charge in [-0.25, -0.2) is 4.39 Å². The highest BCUT2D eigenvalue weighted by atomic mass is 19.1. The smallest absolute Gasteiger partial charge is 0.145 e. The monoisotopic (exact) mass is 176 g/mol. The molecule has 2 nitrogen and oxygen atoms in total. The maximum Gasteiger partial charge on any atom is 0.145 e. The van der Waals surface area contributed by atoms with Crippen LogP contribution in [0.15, 0.2) is 12.3 Å². The fourth-order valence-electron chi connectivity index (χ4n) is 1.33. The standard InChI is InChI=1S/C10H9FN2/c11-9-5-7(3-4-12)6-13-10(9)8-1-2-8/h5-6,8H,1-3H2. The van der Waals surface area contributed by atoms with Crippen LogP contribution < -0.4 is 0 Å². The Bertz CT molecular complexity index is 364. The topological polar surface area (TPSA) is 36.7 Å². The largest absolute Gasteiger partial charge is 0.258 e. The third kappa shape index (κ3) is 1.67. The molecule has 0 aromatic carbocycles. The Kier molecular flexibility index (Phi) is 1.97. The summed E-state index contributed by atoms with van der Waals surface area (Å²) < 4.78 is 13.3. The lowest BCUT2D eigenvalue weighted by atomic mass is 10.1. The minimum Gasteiger partial charge on any atom is -0.258 e. The lowest BCUT2D eigenvalue weighted by Crippen LogP contribution is -1.95. The van der Waals surface area contributed by atoms with Crippen molar-refractivity contribution in [3.05, 3.63) is 29.3 Å². The summed E-state index contributed by atoms with van der Waals surface area (Å²) in [5.74, 6) is 0.0754. The Balaban J connectivity index is 2.27. The number of rotatable bonds is 2. The molecule has 1 saturated carbocycles. The average molecular weight is 176 g/mol. The van der Waals surface area contributed by atoms with Crippen molar-refractivity contribution in [1.82, 2.24) is 4.98 Å². The summed E-state index contributed by atoms with van der Waals surface area (Å²) in [5, 5.41) is 8.40. The van der Waals surface area contributed by atoms with Gasteiger partial charge in [-0.05, 0) is 24.5 Å². The molecular formula is C10H9FN2. The fourth-order valence-corrected chi connectivity index (χ4v) is 1.33. The second-order valence-electron chi connectivity index (χ2n) is 3.32. The van der Waals surface area contributed by atoms with Crippen LogP contribution in [0.1, 0.15) is 30.0 Å². The van der Waals surface area contributed by atoms with E-state index in [1.54, 1.807) is 6.20 Å². The zero-order valence-corrected chi connectivity index (χ0v) is 7.13. The molecule has 1 fully saturated rings. The van der Waals surface area contributed by atoms with Crippen molar-refractivity contribution < 1.29 is 4.39 Å². The first-order valence-corrected chi connectivity index (χ1v) is 4.32. The van der Waals surface area contributed by atoms with Crippen LogP contribution in [-0.2, 0) is 6.42 Å². The molecule has 66 valence electrons. The highest BCUT2D eigenvalue weighted by molar-refractivity contribution is 5.23. The SMILES string of the molecule is N#CCc1cnc(C2CC2)c(F)c1. The van der Waals surface area contributed by atoms with Gasteiger partial charge in [-0.1, -0.05) is 0 Å². The van der Waals surface area contributed by atoms with E-state index < -0.39 is 0 Å². The van der Waals surface area contributed by atoms with Gasteiger partial charge < -0.3 is 0 Å². The molecular weight excluding hydrogens is 167 g/mol. The van der Waals surface area contributed by atoms with E-state index in [0.29, 0.717) is 17.2 Å². The van der Waals surface area contributed by atoms with Gasteiger partial charge in [-0.15, -0.1) is 0 Å². The van der Waals surface area contributed by atoms with Gasteiger partial charge >= 0.3 is 0 Å². The van der Waals surface area contributed by atoms with Crippen LogP contribution in [0.4, 0.5) is 4.39 Å². The van der Waals surface area contributed by atoms with Crippen molar-refractivity contribution in [1.29, 1.82) is 5.26 Å². The third-order valence-corrected chi connectivity index (χ3v) is 2.17. The summed E-state index contributed by atoms with van der Waals surface area (Å²) in [6.45, 7) is 0. The number of halogens is 1. The van der Waals surface area contributed by atoms with Crippen molar-refractivity contribution in [2.75, 3.05) is 0 Å². The van der Waals surface area contributed by atoms with Gasteiger partial charge in [0.05, 0.1) is 18.2 Å². The molecule has 13 heavy (non-hydrogen) atoms. The molecule has 1 heterocycles. The summed E-state index contributed by atoms with van der Waals surface area (Å²) in [7, 11) is 0. The third-order valence-electron chi connectivity index (χ3n) is 2.17. The molecule has 0 spiro atoms. The molecule has 0 radical (unpaired) electrons. The first-order valence-electron chi connectivity index (χ1n) is 4.32. The maximum atomic E-state index is 13.3. The van der Waals surface area contributed by atoms with Gasteiger partial charge in [-0.2, -0.15) is 5.26 Å². The quantitative estimate of drug-likeness (QED) is 0.692. The highest BCUT2D eigenvalue weighted by Crippen LogP contribution is 2.39. The summed E-state index contributed by atoms with van der Waals surface area (Å²) in [6.07, 6.45) is 3.91. The number of nitriles is 1. The lowest BCUT2D eigenvalue weighted by molar-refractivity contribution is 0.598.